The van der Waals surface area contributed by atoms with Crippen LogP contribution in [0.4, 0.5) is 8.78 Å². The second-order valence-corrected chi connectivity index (χ2v) is 5.80. The lowest BCUT2D eigenvalue weighted by molar-refractivity contribution is -0.0503. The van der Waals surface area contributed by atoms with Crippen molar-refractivity contribution in [3.63, 3.8) is 0 Å². The first-order valence-electron chi connectivity index (χ1n) is 6.70. The van der Waals surface area contributed by atoms with E-state index in [4.69, 9.17) is 0 Å². The number of nitrogens with zero attached hydrogens (tertiary/aromatic N) is 2. The molecule has 0 unspecified atom stereocenters. The second kappa shape index (κ2) is 6.04. The number of ether oxygens (including phenoxy) is 1. The van der Waals surface area contributed by atoms with Crippen molar-refractivity contribution >= 4 is 21.6 Å². The van der Waals surface area contributed by atoms with Crippen LogP contribution in [0.15, 0.2) is 47.1 Å². The molecule has 0 saturated carbocycles. The van der Waals surface area contributed by atoms with Crippen molar-refractivity contribution in [2.75, 3.05) is 0 Å². The van der Waals surface area contributed by atoms with E-state index in [1.807, 2.05) is 35.7 Å². The number of aryl methyl sites for hydroxylation is 1. The SMILES string of the molecule is Cc1nc2ccc(Br)cn2c1Cc1ccccc1OC(F)F. The number of benzene rings is 1. The van der Waals surface area contributed by atoms with Crippen LogP contribution in [0.25, 0.3) is 5.65 Å². The van der Waals surface area contributed by atoms with E-state index >= 15 is 0 Å². The molecule has 3 aromatic rings. The summed E-state index contributed by atoms with van der Waals surface area (Å²) < 4.78 is 32.5. The van der Waals surface area contributed by atoms with Crippen LogP contribution in [0.5, 0.6) is 5.75 Å². The first-order valence-corrected chi connectivity index (χ1v) is 7.49. The number of hydrogen-bond acceptors (Lipinski definition) is 2. The zero-order valence-electron chi connectivity index (χ0n) is 11.8. The Hall–Kier alpha value is -1.95. The molecule has 114 valence electrons. The van der Waals surface area contributed by atoms with Crippen LogP contribution in [-0.2, 0) is 6.42 Å². The van der Waals surface area contributed by atoms with Gasteiger partial charge in [0.2, 0.25) is 0 Å². The fourth-order valence-corrected chi connectivity index (χ4v) is 2.78. The van der Waals surface area contributed by atoms with Crippen molar-refractivity contribution in [3.8, 4) is 5.75 Å². The summed E-state index contributed by atoms with van der Waals surface area (Å²) in [6.07, 6.45) is 2.38. The maximum absolute atomic E-state index is 12.5. The van der Waals surface area contributed by atoms with E-state index in [1.165, 1.54) is 0 Å². The number of pyridine rings is 1. The van der Waals surface area contributed by atoms with Gasteiger partial charge in [0.1, 0.15) is 11.4 Å². The molecule has 1 aromatic carbocycles. The van der Waals surface area contributed by atoms with Crippen molar-refractivity contribution in [2.24, 2.45) is 0 Å². The topological polar surface area (TPSA) is 26.5 Å². The molecule has 0 radical (unpaired) electrons. The standard InChI is InChI=1S/C16H13BrF2N2O/c1-10-13(21-9-12(17)6-7-15(21)20-10)8-11-4-2-3-5-14(11)22-16(18)19/h2-7,9,16H,8H2,1H3. The highest BCUT2D eigenvalue weighted by Gasteiger charge is 2.14. The molecular formula is C16H13BrF2N2O. The molecule has 0 aliphatic heterocycles. The van der Waals surface area contributed by atoms with Gasteiger partial charge in [-0.15, -0.1) is 0 Å². The minimum absolute atomic E-state index is 0.196. The number of imidazole rings is 1. The third kappa shape index (κ3) is 2.97. The number of rotatable bonds is 4. The largest absolute Gasteiger partial charge is 0.435 e. The van der Waals surface area contributed by atoms with Crippen LogP contribution in [0.3, 0.4) is 0 Å². The van der Waals surface area contributed by atoms with Gasteiger partial charge in [-0.1, -0.05) is 18.2 Å². The summed E-state index contributed by atoms with van der Waals surface area (Å²) in [6, 6.07) is 10.6. The fourth-order valence-electron chi connectivity index (χ4n) is 2.44. The molecule has 6 heteroatoms. The highest BCUT2D eigenvalue weighted by atomic mass is 79.9. The lowest BCUT2D eigenvalue weighted by atomic mass is 10.1. The Morgan fingerprint density at radius 3 is 2.77 bits per heavy atom. The Balaban J connectivity index is 2.03. The Morgan fingerprint density at radius 1 is 1.23 bits per heavy atom. The molecular weight excluding hydrogens is 354 g/mol. The van der Waals surface area contributed by atoms with Crippen molar-refractivity contribution in [1.29, 1.82) is 0 Å². The molecule has 0 aliphatic rings. The average Bonchev–Trinajstić information content (AvgIpc) is 2.76. The summed E-state index contributed by atoms with van der Waals surface area (Å²) >= 11 is 3.44. The minimum Gasteiger partial charge on any atom is -0.435 e. The smallest absolute Gasteiger partial charge is 0.387 e. The van der Waals surface area contributed by atoms with Crippen LogP contribution >= 0.6 is 15.9 Å². The quantitative estimate of drug-likeness (QED) is 0.674. The van der Waals surface area contributed by atoms with E-state index in [-0.39, 0.29) is 5.75 Å². The highest BCUT2D eigenvalue weighted by Crippen LogP contribution is 2.25. The van der Waals surface area contributed by atoms with Gasteiger partial charge < -0.3 is 9.14 Å². The van der Waals surface area contributed by atoms with Gasteiger partial charge in [0, 0.05) is 28.3 Å². The van der Waals surface area contributed by atoms with Gasteiger partial charge in [-0.25, -0.2) is 4.98 Å². The Labute approximate surface area is 134 Å². The number of para-hydroxylation sites is 1. The van der Waals surface area contributed by atoms with Crippen LogP contribution in [0, 0.1) is 6.92 Å². The lowest BCUT2D eigenvalue weighted by Gasteiger charge is -2.11. The average molecular weight is 367 g/mol. The predicted molar refractivity (Wildman–Crippen MR) is 83.5 cm³/mol. The highest BCUT2D eigenvalue weighted by molar-refractivity contribution is 9.10. The minimum atomic E-state index is -2.83. The van der Waals surface area contributed by atoms with Crippen molar-refractivity contribution in [1.82, 2.24) is 9.38 Å². The van der Waals surface area contributed by atoms with Crippen molar-refractivity contribution in [2.45, 2.75) is 20.0 Å². The van der Waals surface area contributed by atoms with Crippen LogP contribution in [0.2, 0.25) is 0 Å². The molecule has 2 aromatic heterocycles. The zero-order valence-corrected chi connectivity index (χ0v) is 13.3. The Morgan fingerprint density at radius 2 is 2.00 bits per heavy atom. The second-order valence-electron chi connectivity index (χ2n) is 4.88. The first kappa shape index (κ1) is 15.0. The normalized spacial score (nSPS) is 11.3. The maximum Gasteiger partial charge on any atom is 0.387 e. The summed E-state index contributed by atoms with van der Waals surface area (Å²) in [5.74, 6) is 0.196. The fraction of sp³-hybridized carbons (Fsp3) is 0.188. The van der Waals surface area contributed by atoms with Crippen molar-refractivity contribution < 1.29 is 13.5 Å². The van der Waals surface area contributed by atoms with Gasteiger partial charge in [-0.2, -0.15) is 8.78 Å². The molecule has 0 bridgehead atoms. The summed E-state index contributed by atoms with van der Waals surface area (Å²) in [4.78, 5) is 4.49. The van der Waals surface area contributed by atoms with Gasteiger partial charge in [-0.05, 0) is 41.1 Å². The third-order valence-corrected chi connectivity index (χ3v) is 3.90. The third-order valence-electron chi connectivity index (χ3n) is 3.43. The summed E-state index contributed by atoms with van der Waals surface area (Å²) in [5, 5.41) is 0. The molecule has 0 amide bonds. The van der Waals surface area contributed by atoms with E-state index in [1.54, 1.807) is 18.2 Å². The molecule has 3 nitrogen and oxygen atoms in total. The number of halogens is 3. The van der Waals surface area contributed by atoms with Gasteiger partial charge >= 0.3 is 6.61 Å². The van der Waals surface area contributed by atoms with Gasteiger partial charge in [0.15, 0.2) is 0 Å². The molecule has 0 saturated heterocycles. The predicted octanol–water partition coefficient (Wildman–Crippen LogP) is 4.60. The van der Waals surface area contributed by atoms with E-state index in [0.717, 1.165) is 21.5 Å². The molecule has 0 atom stereocenters. The monoisotopic (exact) mass is 366 g/mol. The van der Waals surface area contributed by atoms with Gasteiger partial charge in [-0.3, -0.25) is 0 Å². The first-order chi connectivity index (χ1) is 10.5. The maximum atomic E-state index is 12.5. The number of alkyl halides is 2. The van der Waals surface area contributed by atoms with Crippen LogP contribution in [0.1, 0.15) is 17.0 Å². The van der Waals surface area contributed by atoms with Crippen LogP contribution in [-0.4, -0.2) is 16.0 Å². The Kier molecular flexibility index (Phi) is 4.11. The van der Waals surface area contributed by atoms with E-state index in [0.29, 0.717) is 12.0 Å². The van der Waals surface area contributed by atoms with Crippen LogP contribution < -0.4 is 4.74 Å². The van der Waals surface area contributed by atoms with Gasteiger partial charge in [0.25, 0.3) is 0 Å². The van der Waals surface area contributed by atoms with Crippen molar-refractivity contribution in [3.05, 3.63) is 64.0 Å². The number of aromatic nitrogens is 2. The number of hydrogen-bond donors (Lipinski definition) is 0. The zero-order chi connectivity index (χ0) is 15.7. The lowest BCUT2D eigenvalue weighted by Crippen LogP contribution is -2.05. The number of fused-ring (bicyclic) bond motifs is 1. The molecule has 0 spiro atoms. The summed E-state index contributed by atoms with van der Waals surface area (Å²) in [5.41, 5.74) is 3.34. The molecule has 0 aliphatic carbocycles. The Bertz CT molecular complexity index is 817. The molecule has 3 rings (SSSR count). The van der Waals surface area contributed by atoms with E-state index < -0.39 is 6.61 Å². The molecule has 0 fully saturated rings. The molecule has 2 heterocycles. The molecule has 22 heavy (non-hydrogen) atoms. The molecule has 0 N–H and O–H groups in total. The van der Waals surface area contributed by atoms with E-state index in [9.17, 15) is 8.78 Å². The summed E-state index contributed by atoms with van der Waals surface area (Å²) in [7, 11) is 0. The van der Waals surface area contributed by atoms with E-state index in [2.05, 4.69) is 25.7 Å². The summed E-state index contributed by atoms with van der Waals surface area (Å²) in [6.45, 7) is -0.925. The van der Waals surface area contributed by atoms with Gasteiger partial charge in [0.05, 0.1) is 5.69 Å².